The van der Waals surface area contributed by atoms with Crippen LogP contribution in [0, 0.1) is 0 Å². The fourth-order valence-electron chi connectivity index (χ4n) is 2.58. The van der Waals surface area contributed by atoms with Gasteiger partial charge in [0.1, 0.15) is 6.54 Å². The van der Waals surface area contributed by atoms with E-state index in [1.807, 2.05) is 0 Å². The molecule has 0 bridgehead atoms. The molecule has 0 atom stereocenters. The summed E-state index contributed by atoms with van der Waals surface area (Å²) in [5.74, 6) is 0.495. The van der Waals surface area contributed by atoms with Gasteiger partial charge in [0.05, 0.1) is 16.3 Å². The maximum Gasteiger partial charge on any atom is 0.265 e. The molecule has 0 aromatic heterocycles. The average molecular weight is 332 g/mol. The third-order valence-electron chi connectivity index (χ3n) is 3.67. The number of hydrogen-bond acceptors (Lipinski definition) is 5. The van der Waals surface area contributed by atoms with Crippen LogP contribution in [0.25, 0.3) is 0 Å². The highest BCUT2D eigenvalue weighted by Gasteiger charge is 2.33. The SMILES string of the molecule is O=C1CN(S(=O)(=O)c2ccc3c(c2)OCO3)c2ccccc2N1. The van der Waals surface area contributed by atoms with E-state index in [1.54, 1.807) is 30.3 Å². The van der Waals surface area contributed by atoms with E-state index in [1.165, 1.54) is 12.1 Å². The van der Waals surface area contributed by atoms with Crippen LogP contribution in [-0.4, -0.2) is 27.7 Å². The Morgan fingerprint density at radius 2 is 1.83 bits per heavy atom. The number of carbonyl (C=O) groups excluding carboxylic acids is 1. The standard InChI is InChI=1S/C15H12N2O5S/c18-15-8-17(12-4-2-1-3-11(12)16-15)23(19,20)10-5-6-13-14(7-10)22-9-21-13/h1-7H,8-9H2,(H,16,18). The second-order valence-electron chi connectivity index (χ2n) is 5.09. The van der Waals surface area contributed by atoms with E-state index in [2.05, 4.69) is 5.32 Å². The summed E-state index contributed by atoms with van der Waals surface area (Å²) in [5.41, 5.74) is 0.901. The molecule has 0 saturated carbocycles. The van der Waals surface area contributed by atoms with Crippen molar-refractivity contribution in [3.05, 3.63) is 42.5 Å². The van der Waals surface area contributed by atoms with Crippen molar-refractivity contribution in [2.75, 3.05) is 23.0 Å². The number of fused-ring (bicyclic) bond motifs is 2. The van der Waals surface area contributed by atoms with Crippen LogP contribution in [0.1, 0.15) is 0 Å². The van der Waals surface area contributed by atoms with Gasteiger partial charge in [-0.3, -0.25) is 9.10 Å². The molecule has 2 aliphatic heterocycles. The van der Waals surface area contributed by atoms with Crippen LogP contribution in [0.15, 0.2) is 47.4 Å². The number of amides is 1. The first-order chi connectivity index (χ1) is 11.1. The number of hydrogen-bond donors (Lipinski definition) is 1. The first kappa shape index (κ1) is 13.9. The Hall–Kier alpha value is -2.74. The third kappa shape index (κ3) is 2.18. The largest absolute Gasteiger partial charge is 0.454 e. The Kier molecular flexibility index (Phi) is 2.95. The van der Waals surface area contributed by atoms with Crippen molar-refractivity contribution in [3.8, 4) is 11.5 Å². The number of ether oxygens (including phenoxy) is 2. The van der Waals surface area contributed by atoms with Gasteiger partial charge in [-0.1, -0.05) is 12.1 Å². The van der Waals surface area contributed by atoms with Crippen LogP contribution >= 0.6 is 0 Å². The molecule has 2 heterocycles. The molecule has 0 fully saturated rings. The van der Waals surface area contributed by atoms with Crippen LogP contribution in [0.5, 0.6) is 11.5 Å². The fraction of sp³-hybridized carbons (Fsp3) is 0.133. The third-order valence-corrected chi connectivity index (χ3v) is 5.42. The van der Waals surface area contributed by atoms with Crippen LogP contribution in [0.3, 0.4) is 0 Å². The Labute approximate surface area is 132 Å². The van der Waals surface area contributed by atoms with Crippen molar-refractivity contribution in [2.45, 2.75) is 4.90 Å². The minimum atomic E-state index is -3.89. The summed E-state index contributed by atoms with van der Waals surface area (Å²) < 4.78 is 37.4. The van der Waals surface area contributed by atoms with Crippen LogP contribution in [-0.2, 0) is 14.8 Å². The Morgan fingerprint density at radius 1 is 1.04 bits per heavy atom. The summed E-state index contributed by atoms with van der Waals surface area (Å²) >= 11 is 0. The van der Waals surface area contributed by atoms with Gasteiger partial charge in [-0.25, -0.2) is 8.42 Å². The van der Waals surface area contributed by atoms with Crippen molar-refractivity contribution >= 4 is 27.3 Å². The molecule has 1 amide bonds. The molecule has 8 heteroatoms. The highest BCUT2D eigenvalue weighted by molar-refractivity contribution is 7.92. The van der Waals surface area contributed by atoms with Gasteiger partial charge in [-0.15, -0.1) is 0 Å². The number of carbonyl (C=O) groups is 1. The monoisotopic (exact) mass is 332 g/mol. The smallest absolute Gasteiger partial charge is 0.265 e. The van der Waals surface area contributed by atoms with Gasteiger partial charge >= 0.3 is 0 Å². The summed E-state index contributed by atoms with van der Waals surface area (Å²) in [6.45, 7) is -0.207. The normalized spacial score (nSPS) is 16.0. The molecular formula is C15H12N2O5S. The van der Waals surface area contributed by atoms with Crippen LogP contribution in [0.4, 0.5) is 11.4 Å². The molecule has 0 radical (unpaired) electrons. The van der Waals surface area contributed by atoms with Gasteiger partial charge in [0.25, 0.3) is 10.0 Å². The summed E-state index contributed by atoms with van der Waals surface area (Å²) in [6, 6.07) is 11.2. The fourth-order valence-corrected chi connectivity index (χ4v) is 4.04. The maximum absolute atomic E-state index is 12.9. The molecule has 2 aromatic carbocycles. The van der Waals surface area contributed by atoms with Crippen molar-refractivity contribution in [3.63, 3.8) is 0 Å². The van der Waals surface area contributed by atoms with E-state index in [0.29, 0.717) is 22.9 Å². The molecule has 0 saturated heterocycles. The molecule has 1 N–H and O–H groups in total. The molecule has 0 spiro atoms. The topological polar surface area (TPSA) is 84.9 Å². The molecule has 118 valence electrons. The summed E-state index contributed by atoms with van der Waals surface area (Å²) in [4.78, 5) is 11.9. The molecule has 2 aromatic rings. The van der Waals surface area contributed by atoms with Gasteiger partial charge < -0.3 is 14.8 Å². The maximum atomic E-state index is 12.9. The van der Waals surface area contributed by atoms with Gasteiger partial charge in [-0.2, -0.15) is 0 Å². The number of benzene rings is 2. The summed E-state index contributed by atoms with van der Waals surface area (Å²) in [6.07, 6.45) is 0. The number of sulfonamides is 1. The van der Waals surface area contributed by atoms with Gasteiger partial charge in [0, 0.05) is 6.07 Å². The lowest BCUT2D eigenvalue weighted by atomic mass is 10.2. The molecule has 0 aliphatic carbocycles. The zero-order valence-electron chi connectivity index (χ0n) is 11.9. The lowest BCUT2D eigenvalue weighted by molar-refractivity contribution is -0.115. The Bertz CT molecular complexity index is 910. The Morgan fingerprint density at radius 3 is 2.70 bits per heavy atom. The molecule has 2 aliphatic rings. The second-order valence-corrected chi connectivity index (χ2v) is 6.95. The Balaban J connectivity index is 1.82. The van der Waals surface area contributed by atoms with Crippen molar-refractivity contribution in [2.24, 2.45) is 0 Å². The molecule has 7 nitrogen and oxygen atoms in total. The summed E-state index contributed by atoms with van der Waals surface area (Å²) in [7, 11) is -3.89. The van der Waals surface area contributed by atoms with Crippen LogP contribution in [0.2, 0.25) is 0 Å². The minimum Gasteiger partial charge on any atom is -0.454 e. The highest BCUT2D eigenvalue weighted by atomic mass is 32.2. The first-order valence-electron chi connectivity index (χ1n) is 6.87. The van der Waals surface area contributed by atoms with E-state index in [0.717, 1.165) is 4.31 Å². The predicted octanol–water partition coefficient (Wildman–Crippen LogP) is 1.56. The van der Waals surface area contributed by atoms with E-state index >= 15 is 0 Å². The van der Waals surface area contributed by atoms with Crippen molar-refractivity contribution in [1.82, 2.24) is 0 Å². The van der Waals surface area contributed by atoms with Crippen molar-refractivity contribution in [1.29, 1.82) is 0 Å². The minimum absolute atomic E-state index is 0.0475. The summed E-state index contributed by atoms with van der Waals surface area (Å²) in [5, 5.41) is 2.67. The number of nitrogens with one attached hydrogen (secondary N) is 1. The number of para-hydroxylation sites is 2. The van der Waals surface area contributed by atoms with E-state index in [9.17, 15) is 13.2 Å². The quantitative estimate of drug-likeness (QED) is 0.902. The molecular weight excluding hydrogens is 320 g/mol. The van der Waals surface area contributed by atoms with Crippen LogP contribution < -0.4 is 19.1 Å². The molecule has 0 unspecified atom stereocenters. The van der Waals surface area contributed by atoms with E-state index < -0.39 is 10.0 Å². The molecule has 23 heavy (non-hydrogen) atoms. The van der Waals surface area contributed by atoms with Gasteiger partial charge in [0.15, 0.2) is 11.5 Å². The van der Waals surface area contributed by atoms with Crippen molar-refractivity contribution < 1.29 is 22.7 Å². The zero-order chi connectivity index (χ0) is 16.0. The zero-order valence-corrected chi connectivity index (χ0v) is 12.7. The lowest BCUT2D eigenvalue weighted by Gasteiger charge is -2.30. The number of rotatable bonds is 2. The lowest BCUT2D eigenvalue weighted by Crippen LogP contribution is -2.42. The van der Waals surface area contributed by atoms with E-state index in [4.69, 9.17) is 9.47 Å². The van der Waals surface area contributed by atoms with E-state index in [-0.39, 0.29) is 24.1 Å². The van der Waals surface area contributed by atoms with Gasteiger partial charge in [-0.05, 0) is 24.3 Å². The first-order valence-corrected chi connectivity index (χ1v) is 8.31. The number of anilines is 2. The highest BCUT2D eigenvalue weighted by Crippen LogP contribution is 2.37. The van der Waals surface area contributed by atoms with Gasteiger partial charge in [0.2, 0.25) is 12.7 Å². The predicted molar refractivity (Wildman–Crippen MR) is 82.2 cm³/mol. The number of nitrogens with zero attached hydrogens (tertiary/aromatic N) is 1. The second kappa shape index (κ2) is 4.88. The average Bonchev–Trinajstić information content (AvgIpc) is 3.01. The molecule has 4 rings (SSSR count).